The van der Waals surface area contributed by atoms with Crippen LogP contribution in [-0.4, -0.2) is 44.7 Å². The molecule has 2 aliphatic rings. The van der Waals surface area contributed by atoms with Gasteiger partial charge in [0.15, 0.2) is 5.84 Å². The summed E-state index contributed by atoms with van der Waals surface area (Å²) in [5.74, 6) is 1.09. The molecule has 0 aliphatic carbocycles. The molecule has 3 heterocycles. The van der Waals surface area contributed by atoms with Crippen LogP contribution in [0.25, 0.3) is 11.8 Å². The van der Waals surface area contributed by atoms with Crippen molar-refractivity contribution in [1.29, 1.82) is 5.41 Å². The summed E-state index contributed by atoms with van der Waals surface area (Å²) in [6.07, 6.45) is 1.72. The first kappa shape index (κ1) is 23.6. The number of thioether (sulfide) groups is 1. The zero-order valence-corrected chi connectivity index (χ0v) is 21.0. The molecule has 0 fully saturated rings. The molecular formula is C27H25N5O3S. The highest BCUT2D eigenvalue weighted by Gasteiger charge is 2.36. The third kappa shape index (κ3) is 4.57. The lowest BCUT2D eigenvalue weighted by Gasteiger charge is -2.20. The Hall–Kier alpha value is -4.11. The van der Waals surface area contributed by atoms with E-state index in [1.165, 1.54) is 16.8 Å². The second-order valence-electron chi connectivity index (χ2n) is 8.20. The number of carbonyl (C=O) groups is 1. The quantitative estimate of drug-likeness (QED) is 0.452. The average molecular weight is 500 g/mol. The van der Waals surface area contributed by atoms with Crippen LogP contribution in [0.4, 0.5) is 0 Å². The van der Waals surface area contributed by atoms with E-state index in [2.05, 4.69) is 14.7 Å². The summed E-state index contributed by atoms with van der Waals surface area (Å²) in [7, 11) is 0. The van der Waals surface area contributed by atoms with Gasteiger partial charge in [0.25, 0.3) is 5.91 Å². The normalized spacial score (nSPS) is 16.2. The number of nitrogens with one attached hydrogen (secondary N) is 1. The maximum Gasteiger partial charge on any atom is 0.283 e. The van der Waals surface area contributed by atoms with Crippen molar-refractivity contribution >= 4 is 39.8 Å². The van der Waals surface area contributed by atoms with Crippen LogP contribution in [0.3, 0.4) is 0 Å². The molecule has 0 atom stereocenters. The lowest BCUT2D eigenvalue weighted by atomic mass is 10.1. The van der Waals surface area contributed by atoms with Gasteiger partial charge in [0.2, 0.25) is 5.17 Å². The van der Waals surface area contributed by atoms with Crippen molar-refractivity contribution in [3.05, 3.63) is 83.2 Å². The van der Waals surface area contributed by atoms with Gasteiger partial charge in [-0.1, -0.05) is 18.2 Å². The summed E-state index contributed by atoms with van der Waals surface area (Å²) >= 11 is 1.24. The molecule has 0 saturated carbocycles. The molecule has 2 aliphatic heterocycles. The molecule has 0 spiro atoms. The molecule has 0 bridgehead atoms. The van der Waals surface area contributed by atoms with Crippen molar-refractivity contribution in [2.75, 3.05) is 13.2 Å². The van der Waals surface area contributed by atoms with E-state index >= 15 is 0 Å². The zero-order chi connectivity index (χ0) is 25.2. The third-order valence-electron chi connectivity index (χ3n) is 5.78. The fourth-order valence-electron chi connectivity index (χ4n) is 4.10. The number of hydrogen-bond donors (Lipinski definition) is 1. The van der Waals surface area contributed by atoms with Crippen molar-refractivity contribution in [2.45, 2.75) is 20.8 Å². The Kier molecular flexibility index (Phi) is 6.47. The van der Waals surface area contributed by atoms with E-state index in [1.54, 1.807) is 6.08 Å². The minimum Gasteiger partial charge on any atom is -0.494 e. The number of carbonyl (C=O) groups excluding carboxylic acids is 1. The fourth-order valence-corrected chi connectivity index (χ4v) is 4.89. The van der Waals surface area contributed by atoms with Crippen molar-refractivity contribution < 1.29 is 14.3 Å². The van der Waals surface area contributed by atoms with Crippen LogP contribution in [-0.2, 0) is 4.79 Å². The Morgan fingerprint density at radius 1 is 1.03 bits per heavy atom. The first-order valence-corrected chi connectivity index (χ1v) is 12.4. The number of ether oxygens (including phenoxy) is 2. The number of amidine groups is 2. The smallest absolute Gasteiger partial charge is 0.283 e. The molecule has 3 aromatic rings. The molecule has 1 N–H and O–H groups in total. The lowest BCUT2D eigenvalue weighted by Crippen LogP contribution is -2.35. The van der Waals surface area contributed by atoms with Gasteiger partial charge in [0.1, 0.15) is 23.1 Å². The first-order valence-electron chi connectivity index (χ1n) is 11.5. The van der Waals surface area contributed by atoms with E-state index in [0.717, 1.165) is 34.1 Å². The van der Waals surface area contributed by atoms with Crippen molar-refractivity contribution in [3.63, 3.8) is 0 Å². The number of benzene rings is 2. The van der Waals surface area contributed by atoms with Gasteiger partial charge in [-0.05, 0) is 86.6 Å². The van der Waals surface area contributed by atoms with E-state index in [4.69, 9.17) is 14.9 Å². The van der Waals surface area contributed by atoms with Crippen LogP contribution >= 0.6 is 11.8 Å². The van der Waals surface area contributed by atoms with E-state index in [1.807, 2.05) is 81.4 Å². The number of amides is 1. The highest BCUT2D eigenvalue weighted by Crippen LogP contribution is 2.30. The van der Waals surface area contributed by atoms with Gasteiger partial charge in [0.05, 0.1) is 12.2 Å². The predicted molar refractivity (Wildman–Crippen MR) is 143 cm³/mol. The summed E-state index contributed by atoms with van der Waals surface area (Å²) in [4.78, 5) is 17.1. The summed E-state index contributed by atoms with van der Waals surface area (Å²) in [5.41, 5.74) is 4.00. The average Bonchev–Trinajstić information content (AvgIpc) is 3.41. The van der Waals surface area contributed by atoms with Crippen LogP contribution in [0.15, 0.2) is 76.3 Å². The Morgan fingerprint density at radius 3 is 2.47 bits per heavy atom. The second-order valence-corrected chi connectivity index (χ2v) is 9.24. The largest absolute Gasteiger partial charge is 0.494 e. The van der Waals surface area contributed by atoms with Gasteiger partial charge < -0.3 is 14.0 Å². The van der Waals surface area contributed by atoms with Crippen LogP contribution in [0.1, 0.15) is 23.9 Å². The maximum atomic E-state index is 12.9. The fraction of sp³-hybridized carbons (Fsp3) is 0.185. The Morgan fingerprint density at radius 2 is 1.75 bits per heavy atom. The van der Waals surface area contributed by atoms with Crippen LogP contribution in [0, 0.1) is 19.3 Å². The van der Waals surface area contributed by atoms with Gasteiger partial charge in [-0.25, -0.2) is 0 Å². The molecule has 0 radical (unpaired) electrons. The number of hydrogen-bond acceptors (Lipinski definition) is 6. The molecule has 1 aromatic heterocycles. The Balaban J connectivity index is 1.38. The minimum atomic E-state index is -0.454. The molecule has 1 amide bonds. The number of rotatable bonds is 7. The van der Waals surface area contributed by atoms with Gasteiger partial charge >= 0.3 is 0 Å². The summed E-state index contributed by atoms with van der Waals surface area (Å²) < 4.78 is 13.4. The lowest BCUT2D eigenvalue weighted by molar-refractivity contribution is -0.114. The zero-order valence-electron chi connectivity index (χ0n) is 20.2. The summed E-state index contributed by atoms with van der Waals surface area (Å²) in [6.45, 7) is 6.80. The van der Waals surface area contributed by atoms with Gasteiger partial charge in [-0.2, -0.15) is 15.1 Å². The van der Waals surface area contributed by atoms with Gasteiger partial charge in [-0.15, -0.1) is 0 Å². The van der Waals surface area contributed by atoms with Crippen molar-refractivity contribution in [1.82, 2.24) is 9.58 Å². The number of hydrazone groups is 1. The molecule has 36 heavy (non-hydrogen) atoms. The van der Waals surface area contributed by atoms with E-state index in [0.29, 0.717) is 16.8 Å². The maximum absolute atomic E-state index is 12.9. The Bertz CT molecular complexity index is 1420. The first-order chi connectivity index (χ1) is 17.4. The SMILES string of the molecule is CCOc1ccc(-n2c(C)cc(C=C3C(=N)N4N=C(COc5ccccc5)SC4=NC3=O)c2C)cc1. The summed E-state index contributed by atoms with van der Waals surface area (Å²) in [5, 5.41) is 15.5. The van der Waals surface area contributed by atoms with Crippen molar-refractivity contribution in [2.24, 2.45) is 10.1 Å². The molecule has 8 nitrogen and oxygen atoms in total. The van der Waals surface area contributed by atoms with Crippen LogP contribution in [0.2, 0.25) is 0 Å². The molecule has 9 heteroatoms. The highest BCUT2D eigenvalue weighted by molar-refractivity contribution is 8.27. The van der Waals surface area contributed by atoms with Crippen LogP contribution < -0.4 is 9.47 Å². The monoisotopic (exact) mass is 499 g/mol. The third-order valence-corrected chi connectivity index (χ3v) is 6.66. The van der Waals surface area contributed by atoms with E-state index < -0.39 is 5.91 Å². The number of para-hydroxylation sites is 1. The minimum absolute atomic E-state index is 0.00178. The molecule has 5 rings (SSSR count). The van der Waals surface area contributed by atoms with E-state index in [-0.39, 0.29) is 18.0 Å². The summed E-state index contributed by atoms with van der Waals surface area (Å²) in [6, 6.07) is 19.3. The predicted octanol–water partition coefficient (Wildman–Crippen LogP) is 5.19. The van der Waals surface area contributed by atoms with Gasteiger partial charge in [-0.3, -0.25) is 10.2 Å². The highest BCUT2D eigenvalue weighted by atomic mass is 32.2. The molecule has 0 unspecified atom stereocenters. The molecule has 182 valence electrons. The molecular weight excluding hydrogens is 474 g/mol. The number of aromatic nitrogens is 1. The Labute approximate surface area is 213 Å². The topological polar surface area (TPSA) is 92.3 Å². The molecule has 0 saturated heterocycles. The van der Waals surface area contributed by atoms with Crippen LogP contribution in [0.5, 0.6) is 11.5 Å². The van der Waals surface area contributed by atoms with E-state index in [9.17, 15) is 4.79 Å². The standard InChI is InChI=1S/C27H25N5O3S/c1-4-34-22-12-10-20(11-13-22)31-17(2)14-19(18(31)3)15-23-25(28)32-27(29-26(23)33)36-24(30-32)16-35-21-8-6-5-7-9-21/h5-15,28H,4,16H2,1-3H3. The van der Waals surface area contributed by atoms with Gasteiger partial charge in [0, 0.05) is 17.1 Å². The number of aryl methyl sites for hydroxylation is 1. The second kappa shape index (κ2) is 9.87. The molecule has 2 aromatic carbocycles. The van der Waals surface area contributed by atoms with Crippen molar-refractivity contribution in [3.8, 4) is 17.2 Å². The number of aliphatic imine (C=N–C) groups is 1. The number of fused-ring (bicyclic) bond motifs is 1. The number of nitrogens with zero attached hydrogens (tertiary/aromatic N) is 4.